The molecule has 0 aromatic heterocycles. The van der Waals surface area contributed by atoms with Crippen LogP contribution in [0.3, 0.4) is 0 Å². The van der Waals surface area contributed by atoms with E-state index in [0.717, 1.165) is 6.92 Å². The number of halogens is 2. The van der Waals surface area contributed by atoms with Crippen LogP contribution in [0.1, 0.15) is 6.92 Å². The summed E-state index contributed by atoms with van der Waals surface area (Å²) in [5.41, 5.74) is 0. The van der Waals surface area contributed by atoms with E-state index in [-0.39, 0.29) is 0 Å². The molecule has 0 aromatic rings. The summed E-state index contributed by atoms with van der Waals surface area (Å²) in [7, 11) is 0. The van der Waals surface area contributed by atoms with Gasteiger partial charge in [0.2, 0.25) is 5.91 Å². The van der Waals surface area contributed by atoms with E-state index in [9.17, 15) is 33.7 Å². The molecule has 1 saturated heterocycles. The van der Waals surface area contributed by atoms with Gasteiger partial charge in [0.1, 0.15) is 24.4 Å². The van der Waals surface area contributed by atoms with Gasteiger partial charge in [-0.1, -0.05) is 0 Å². The number of alkyl halides is 2. The molecule has 11 heteroatoms. The van der Waals surface area contributed by atoms with Crippen molar-refractivity contribution in [1.82, 2.24) is 5.32 Å². The average molecular weight is 329 g/mol. The first kappa shape index (κ1) is 18.6. The minimum absolute atomic E-state index is 0.808. The first-order chi connectivity index (χ1) is 10.1. The maximum atomic E-state index is 14.1. The molecule has 1 fully saturated rings. The van der Waals surface area contributed by atoms with Crippen LogP contribution in [0.15, 0.2) is 0 Å². The number of nitrogens with one attached hydrogen (secondary N) is 1. The Balaban J connectivity index is 3.19. The van der Waals surface area contributed by atoms with Gasteiger partial charge in [-0.3, -0.25) is 4.79 Å². The van der Waals surface area contributed by atoms with Crippen molar-refractivity contribution in [3.8, 4) is 0 Å². The highest BCUT2D eigenvalue weighted by Gasteiger charge is 2.62. The third-order valence-corrected chi connectivity index (χ3v) is 3.26. The third kappa shape index (κ3) is 3.33. The van der Waals surface area contributed by atoms with Crippen molar-refractivity contribution < 1.29 is 48.6 Å². The Morgan fingerprint density at radius 2 is 1.95 bits per heavy atom. The van der Waals surface area contributed by atoms with Crippen molar-refractivity contribution in [2.45, 2.75) is 49.4 Å². The molecule has 1 heterocycles. The van der Waals surface area contributed by atoms with Crippen molar-refractivity contribution in [1.29, 1.82) is 0 Å². The quantitative estimate of drug-likeness (QED) is 0.313. The van der Waals surface area contributed by atoms with E-state index >= 15 is 0 Å². The van der Waals surface area contributed by atoms with Gasteiger partial charge in [-0.2, -0.15) is 4.39 Å². The molecule has 7 atom stereocenters. The summed E-state index contributed by atoms with van der Waals surface area (Å²) >= 11 is 0. The lowest BCUT2D eigenvalue weighted by atomic mass is 9.88. The van der Waals surface area contributed by atoms with Crippen molar-refractivity contribution >= 4 is 11.9 Å². The Bertz CT molecular complexity index is 438. The van der Waals surface area contributed by atoms with E-state index in [1.54, 1.807) is 0 Å². The molecule has 0 bridgehead atoms. The van der Waals surface area contributed by atoms with Gasteiger partial charge >= 0.3 is 11.8 Å². The van der Waals surface area contributed by atoms with Crippen LogP contribution in [0.25, 0.3) is 0 Å². The van der Waals surface area contributed by atoms with Gasteiger partial charge < -0.3 is 35.6 Å². The average Bonchev–Trinajstić information content (AvgIpc) is 2.45. The monoisotopic (exact) mass is 329 g/mol. The third-order valence-electron chi connectivity index (χ3n) is 3.26. The maximum Gasteiger partial charge on any atom is 0.372 e. The SMILES string of the molecule is CC(=O)N[C@H]1[C@H]([C@H](O)[C@H](O)CO)O[C@](F)(C(=O)O)C(F)[C@@H]1O. The van der Waals surface area contributed by atoms with Gasteiger partial charge in [0.05, 0.1) is 12.6 Å². The number of aliphatic carboxylic acids is 1. The number of hydrogen-bond donors (Lipinski definition) is 6. The number of carboxylic acid groups (broad SMARTS) is 1. The first-order valence-electron chi connectivity index (χ1n) is 6.22. The predicted molar refractivity (Wildman–Crippen MR) is 64.0 cm³/mol. The van der Waals surface area contributed by atoms with Crippen LogP contribution in [0.5, 0.6) is 0 Å². The Kier molecular flexibility index (Phi) is 5.76. The van der Waals surface area contributed by atoms with Gasteiger partial charge in [-0.15, -0.1) is 0 Å². The van der Waals surface area contributed by atoms with Crippen LogP contribution >= 0.6 is 0 Å². The normalized spacial score (nSPS) is 38.1. The van der Waals surface area contributed by atoms with Crippen molar-refractivity contribution in [3.05, 3.63) is 0 Å². The number of amides is 1. The number of aliphatic hydroxyl groups excluding tert-OH is 4. The van der Waals surface area contributed by atoms with E-state index < -0.39 is 61.0 Å². The summed E-state index contributed by atoms with van der Waals surface area (Å²) in [6.07, 6.45) is -11.4. The van der Waals surface area contributed by atoms with E-state index in [1.807, 2.05) is 5.32 Å². The maximum absolute atomic E-state index is 14.1. The second-order valence-corrected chi connectivity index (χ2v) is 4.89. The highest BCUT2D eigenvalue weighted by Crippen LogP contribution is 2.35. The van der Waals surface area contributed by atoms with E-state index in [0.29, 0.717) is 0 Å². The molecular formula is C11H17F2NO8. The molecule has 6 N–H and O–H groups in total. The number of aliphatic hydroxyl groups is 4. The number of carbonyl (C=O) groups excluding carboxylic acids is 1. The summed E-state index contributed by atoms with van der Waals surface area (Å²) in [4.78, 5) is 21.9. The standard InChI is InChI=1S/C11H17F2NO8/c1-3(16)14-5-7(19)9(12)11(13,10(20)21)22-8(5)6(18)4(17)2-15/h4-9,15,17-19H,2H2,1H3,(H,14,16)(H,20,21)/t4-,5-,6-,7-,8-,9?,11+/m1/s1. The zero-order valence-corrected chi connectivity index (χ0v) is 11.4. The molecule has 1 rings (SSSR count). The summed E-state index contributed by atoms with van der Waals surface area (Å²) in [6.45, 7) is -0.0321. The zero-order valence-electron chi connectivity index (χ0n) is 11.4. The molecular weight excluding hydrogens is 312 g/mol. The van der Waals surface area contributed by atoms with E-state index in [4.69, 9.17) is 10.2 Å². The van der Waals surface area contributed by atoms with Gasteiger partial charge in [0.25, 0.3) is 0 Å². The molecule has 9 nitrogen and oxygen atoms in total. The van der Waals surface area contributed by atoms with Crippen LogP contribution in [0.2, 0.25) is 0 Å². The molecule has 1 aliphatic heterocycles. The minimum atomic E-state index is -3.99. The number of carboxylic acids is 1. The molecule has 0 saturated carbocycles. The summed E-state index contributed by atoms with van der Waals surface area (Å²) in [5.74, 6) is -7.19. The van der Waals surface area contributed by atoms with Crippen LogP contribution in [-0.4, -0.2) is 86.5 Å². The smallest absolute Gasteiger partial charge is 0.372 e. The predicted octanol–water partition coefficient (Wildman–Crippen LogP) is -2.95. The van der Waals surface area contributed by atoms with Crippen molar-refractivity contribution in [3.63, 3.8) is 0 Å². The number of ether oxygens (including phenoxy) is 1. The second-order valence-electron chi connectivity index (χ2n) is 4.89. The largest absolute Gasteiger partial charge is 0.477 e. The first-order valence-corrected chi connectivity index (χ1v) is 6.22. The number of rotatable bonds is 5. The molecule has 0 spiro atoms. The summed E-state index contributed by atoms with van der Waals surface area (Å²) < 4.78 is 32.3. The van der Waals surface area contributed by atoms with Crippen LogP contribution in [0, 0.1) is 0 Å². The van der Waals surface area contributed by atoms with Crippen molar-refractivity contribution in [2.75, 3.05) is 6.61 Å². The molecule has 1 aliphatic rings. The second kappa shape index (κ2) is 6.79. The molecule has 0 aromatic carbocycles. The van der Waals surface area contributed by atoms with Crippen LogP contribution in [-0.2, 0) is 14.3 Å². The number of hydrogen-bond acceptors (Lipinski definition) is 7. The lowest BCUT2D eigenvalue weighted by Crippen LogP contribution is -2.71. The minimum Gasteiger partial charge on any atom is -0.477 e. The Morgan fingerprint density at radius 3 is 2.36 bits per heavy atom. The summed E-state index contributed by atoms with van der Waals surface area (Å²) in [5, 5.41) is 48.3. The fourth-order valence-electron chi connectivity index (χ4n) is 2.11. The lowest BCUT2D eigenvalue weighted by molar-refractivity contribution is -0.293. The number of carbonyl (C=O) groups is 2. The van der Waals surface area contributed by atoms with Crippen molar-refractivity contribution in [2.24, 2.45) is 0 Å². The molecule has 1 amide bonds. The Labute approximate surface area is 123 Å². The lowest BCUT2D eigenvalue weighted by Gasteiger charge is -2.45. The topological polar surface area (TPSA) is 157 Å². The Morgan fingerprint density at radius 1 is 1.41 bits per heavy atom. The Hall–Kier alpha value is -1.40. The van der Waals surface area contributed by atoms with E-state index in [2.05, 4.69) is 4.74 Å². The van der Waals surface area contributed by atoms with Crippen LogP contribution in [0.4, 0.5) is 8.78 Å². The zero-order chi connectivity index (χ0) is 17.2. The molecule has 0 aliphatic carbocycles. The molecule has 0 radical (unpaired) electrons. The van der Waals surface area contributed by atoms with Gasteiger partial charge in [0.15, 0.2) is 6.17 Å². The van der Waals surface area contributed by atoms with Crippen LogP contribution < -0.4 is 5.32 Å². The van der Waals surface area contributed by atoms with Gasteiger partial charge in [-0.25, -0.2) is 9.18 Å². The highest BCUT2D eigenvalue weighted by molar-refractivity contribution is 5.77. The molecule has 22 heavy (non-hydrogen) atoms. The van der Waals surface area contributed by atoms with Gasteiger partial charge in [0, 0.05) is 6.92 Å². The van der Waals surface area contributed by atoms with E-state index in [1.165, 1.54) is 0 Å². The summed E-state index contributed by atoms with van der Waals surface area (Å²) in [6, 6.07) is -1.74. The molecule has 1 unspecified atom stereocenters. The molecule has 128 valence electrons. The highest BCUT2D eigenvalue weighted by atomic mass is 19.2. The fraction of sp³-hybridized carbons (Fsp3) is 0.818. The fourth-order valence-corrected chi connectivity index (χ4v) is 2.11. The van der Waals surface area contributed by atoms with Gasteiger partial charge in [-0.05, 0) is 0 Å².